The first-order valence-electron chi connectivity index (χ1n) is 6.28. The van der Waals surface area contributed by atoms with Gasteiger partial charge in [-0.05, 0) is 37.6 Å². The topological polar surface area (TPSA) is 32.3 Å². The monoisotopic (exact) mass is 253 g/mol. The van der Waals surface area contributed by atoms with Crippen molar-refractivity contribution in [2.24, 2.45) is 0 Å². The molecule has 0 aliphatic heterocycles. The van der Waals surface area contributed by atoms with Gasteiger partial charge < -0.3 is 10.4 Å². The van der Waals surface area contributed by atoms with E-state index in [2.05, 4.69) is 11.4 Å². The summed E-state index contributed by atoms with van der Waals surface area (Å²) >= 11 is 6.07. The van der Waals surface area contributed by atoms with E-state index >= 15 is 0 Å². The van der Waals surface area contributed by atoms with E-state index in [0.29, 0.717) is 0 Å². The maximum Gasteiger partial charge on any atom is 0.0649 e. The van der Waals surface area contributed by atoms with Gasteiger partial charge in [0.15, 0.2) is 0 Å². The smallest absolute Gasteiger partial charge is 0.0649 e. The Morgan fingerprint density at radius 3 is 2.94 bits per heavy atom. The molecule has 2 N–H and O–H groups in total. The third-order valence-electron chi connectivity index (χ3n) is 3.88. The molecule has 2 unspecified atom stereocenters. The Kier molecular flexibility index (Phi) is 4.08. The maximum absolute atomic E-state index is 10.4. The molecule has 0 bridgehead atoms. The zero-order chi connectivity index (χ0) is 12.3. The van der Waals surface area contributed by atoms with E-state index in [1.807, 2.05) is 25.2 Å². The van der Waals surface area contributed by atoms with Gasteiger partial charge in [0.25, 0.3) is 0 Å². The molecule has 2 nitrogen and oxygen atoms in total. The van der Waals surface area contributed by atoms with Gasteiger partial charge in [0, 0.05) is 17.0 Å². The lowest BCUT2D eigenvalue weighted by atomic mass is 9.67. The molecule has 1 aliphatic rings. The van der Waals surface area contributed by atoms with Crippen LogP contribution in [0.1, 0.15) is 31.2 Å². The van der Waals surface area contributed by atoms with Crippen LogP contribution in [-0.2, 0) is 5.41 Å². The maximum atomic E-state index is 10.4. The molecule has 3 heteroatoms. The SMILES string of the molecule is CNCC1(c2cccc(Cl)c2)CCCCC1O. The van der Waals surface area contributed by atoms with Crippen LogP contribution in [0.25, 0.3) is 0 Å². The van der Waals surface area contributed by atoms with Crippen LogP contribution in [0.4, 0.5) is 0 Å². The molecule has 0 radical (unpaired) electrons. The van der Waals surface area contributed by atoms with Crippen molar-refractivity contribution in [2.75, 3.05) is 13.6 Å². The number of rotatable bonds is 3. The second kappa shape index (κ2) is 5.38. The number of hydrogen-bond donors (Lipinski definition) is 2. The summed E-state index contributed by atoms with van der Waals surface area (Å²) in [5.74, 6) is 0. The van der Waals surface area contributed by atoms with Crippen LogP contribution in [-0.4, -0.2) is 24.8 Å². The van der Waals surface area contributed by atoms with E-state index in [1.165, 1.54) is 6.42 Å². The summed E-state index contributed by atoms with van der Waals surface area (Å²) in [4.78, 5) is 0. The fraction of sp³-hybridized carbons (Fsp3) is 0.571. The standard InChI is InChI=1S/C14H20ClNO/c1-16-10-14(8-3-2-7-13(14)17)11-5-4-6-12(15)9-11/h4-6,9,13,16-17H,2-3,7-8,10H2,1H3. The number of hydrogen-bond acceptors (Lipinski definition) is 2. The highest BCUT2D eigenvalue weighted by atomic mass is 35.5. The van der Waals surface area contributed by atoms with E-state index in [1.54, 1.807) is 0 Å². The third-order valence-corrected chi connectivity index (χ3v) is 4.12. The first-order valence-corrected chi connectivity index (χ1v) is 6.65. The number of aliphatic hydroxyl groups excluding tert-OH is 1. The molecule has 0 saturated heterocycles. The molecule has 1 aromatic carbocycles. The molecule has 1 saturated carbocycles. The summed E-state index contributed by atoms with van der Waals surface area (Å²) < 4.78 is 0. The summed E-state index contributed by atoms with van der Waals surface area (Å²) in [5.41, 5.74) is 0.990. The van der Waals surface area contributed by atoms with Gasteiger partial charge in [-0.2, -0.15) is 0 Å². The molecule has 17 heavy (non-hydrogen) atoms. The largest absolute Gasteiger partial charge is 0.392 e. The van der Waals surface area contributed by atoms with Crippen LogP contribution in [0.3, 0.4) is 0 Å². The zero-order valence-electron chi connectivity index (χ0n) is 10.2. The van der Waals surface area contributed by atoms with Crippen LogP contribution in [0.15, 0.2) is 24.3 Å². The quantitative estimate of drug-likeness (QED) is 0.868. The summed E-state index contributed by atoms with van der Waals surface area (Å²) in [6, 6.07) is 7.93. The van der Waals surface area contributed by atoms with E-state index in [9.17, 15) is 5.11 Å². The minimum absolute atomic E-state index is 0.169. The lowest BCUT2D eigenvalue weighted by Gasteiger charge is -2.42. The minimum atomic E-state index is -0.276. The molecule has 1 aromatic rings. The summed E-state index contributed by atoms with van der Waals surface area (Å²) in [7, 11) is 1.94. The van der Waals surface area contributed by atoms with Crippen molar-refractivity contribution in [3.63, 3.8) is 0 Å². The van der Waals surface area contributed by atoms with Gasteiger partial charge in [-0.3, -0.25) is 0 Å². The van der Waals surface area contributed by atoms with E-state index in [4.69, 9.17) is 11.6 Å². The van der Waals surface area contributed by atoms with Gasteiger partial charge in [-0.15, -0.1) is 0 Å². The van der Waals surface area contributed by atoms with Gasteiger partial charge in [0.05, 0.1) is 6.10 Å². The first kappa shape index (κ1) is 12.9. The molecule has 2 rings (SSSR count). The van der Waals surface area contributed by atoms with Crippen LogP contribution in [0, 0.1) is 0 Å². The van der Waals surface area contributed by atoms with Crippen molar-refractivity contribution in [2.45, 2.75) is 37.2 Å². The number of likely N-dealkylation sites (N-methyl/N-ethyl adjacent to an activating group) is 1. The Hall–Kier alpha value is -0.570. The lowest BCUT2D eigenvalue weighted by Crippen LogP contribution is -2.48. The molecule has 0 spiro atoms. The fourth-order valence-electron chi connectivity index (χ4n) is 2.98. The highest BCUT2D eigenvalue weighted by molar-refractivity contribution is 6.30. The first-order chi connectivity index (χ1) is 8.19. The van der Waals surface area contributed by atoms with Gasteiger partial charge >= 0.3 is 0 Å². The number of aliphatic hydroxyl groups is 1. The lowest BCUT2D eigenvalue weighted by molar-refractivity contribution is 0.0424. The molecule has 1 aliphatic carbocycles. The van der Waals surface area contributed by atoms with E-state index in [-0.39, 0.29) is 11.5 Å². The van der Waals surface area contributed by atoms with Crippen molar-refractivity contribution in [3.8, 4) is 0 Å². The Morgan fingerprint density at radius 1 is 1.47 bits per heavy atom. The molecule has 1 fully saturated rings. The molecule has 0 heterocycles. The van der Waals surface area contributed by atoms with Crippen molar-refractivity contribution in [3.05, 3.63) is 34.9 Å². The highest BCUT2D eigenvalue weighted by Crippen LogP contribution is 2.39. The Morgan fingerprint density at radius 2 is 2.29 bits per heavy atom. The zero-order valence-corrected chi connectivity index (χ0v) is 11.0. The van der Waals surface area contributed by atoms with Crippen molar-refractivity contribution >= 4 is 11.6 Å². The molecule has 0 amide bonds. The van der Waals surface area contributed by atoms with Crippen LogP contribution >= 0.6 is 11.6 Å². The predicted octanol–water partition coefficient (Wildman–Crippen LogP) is 2.73. The molecule has 0 aromatic heterocycles. The average Bonchev–Trinajstić information content (AvgIpc) is 2.32. The minimum Gasteiger partial charge on any atom is -0.392 e. The highest BCUT2D eigenvalue weighted by Gasteiger charge is 2.40. The Bertz CT molecular complexity index is 378. The van der Waals surface area contributed by atoms with Crippen LogP contribution < -0.4 is 5.32 Å². The summed E-state index contributed by atoms with van der Waals surface area (Å²) in [5, 5.41) is 14.4. The number of halogens is 1. The van der Waals surface area contributed by atoms with E-state index < -0.39 is 0 Å². The third kappa shape index (κ3) is 2.49. The number of benzene rings is 1. The van der Waals surface area contributed by atoms with Crippen LogP contribution in [0.5, 0.6) is 0 Å². The Labute approximate surface area is 108 Å². The fourth-order valence-corrected chi connectivity index (χ4v) is 3.17. The van der Waals surface area contributed by atoms with Crippen molar-refractivity contribution in [1.82, 2.24) is 5.32 Å². The Balaban J connectivity index is 2.39. The van der Waals surface area contributed by atoms with Crippen molar-refractivity contribution < 1.29 is 5.11 Å². The number of nitrogens with one attached hydrogen (secondary N) is 1. The van der Waals surface area contributed by atoms with Crippen molar-refractivity contribution in [1.29, 1.82) is 0 Å². The molecule has 2 atom stereocenters. The summed E-state index contributed by atoms with van der Waals surface area (Å²) in [6.07, 6.45) is 3.92. The van der Waals surface area contributed by atoms with Crippen LogP contribution in [0.2, 0.25) is 5.02 Å². The molecular formula is C14H20ClNO. The van der Waals surface area contributed by atoms with Gasteiger partial charge in [-0.1, -0.05) is 36.6 Å². The predicted molar refractivity (Wildman–Crippen MR) is 71.5 cm³/mol. The van der Waals surface area contributed by atoms with Gasteiger partial charge in [0.2, 0.25) is 0 Å². The second-order valence-electron chi connectivity index (χ2n) is 4.96. The van der Waals surface area contributed by atoms with Gasteiger partial charge in [0.1, 0.15) is 0 Å². The molecular weight excluding hydrogens is 234 g/mol. The molecule has 94 valence electrons. The van der Waals surface area contributed by atoms with Gasteiger partial charge in [-0.25, -0.2) is 0 Å². The second-order valence-corrected chi connectivity index (χ2v) is 5.39. The van der Waals surface area contributed by atoms with E-state index in [0.717, 1.165) is 36.4 Å². The summed E-state index contributed by atoms with van der Waals surface area (Å²) in [6.45, 7) is 0.800. The normalized spacial score (nSPS) is 29.2. The average molecular weight is 254 g/mol.